The van der Waals surface area contributed by atoms with E-state index in [4.69, 9.17) is 4.74 Å². The normalized spacial score (nSPS) is 10.1. The predicted molar refractivity (Wildman–Crippen MR) is 86.9 cm³/mol. The first-order chi connectivity index (χ1) is 10.1. The molecule has 0 aliphatic heterocycles. The second kappa shape index (κ2) is 6.30. The highest BCUT2D eigenvalue weighted by Gasteiger charge is 2.12. The number of hydrogen-bond acceptors (Lipinski definition) is 6. The molecule has 1 aromatic heterocycles. The Morgan fingerprint density at radius 1 is 1.14 bits per heavy atom. The van der Waals surface area contributed by atoms with Crippen molar-refractivity contribution in [2.45, 2.75) is 6.92 Å². The summed E-state index contributed by atoms with van der Waals surface area (Å²) >= 11 is 0. The van der Waals surface area contributed by atoms with Crippen LogP contribution in [0.2, 0.25) is 0 Å². The zero-order chi connectivity index (χ0) is 15.4. The summed E-state index contributed by atoms with van der Waals surface area (Å²) < 4.78 is 5.38. The topological polar surface area (TPSA) is 62.3 Å². The van der Waals surface area contributed by atoms with E-state index in [1.54, 1.807) is 14.2 Å². The van der Waals surface area contributed by atoms with E-state index in [0.717, 1.165) is 11.4 Å². The van der Waals surface area contributed by atoms with Crippen LogP contribution in [0.5, 0.6) is 5.75 Å². The average molecular weight is 287 g/mol. The molecule has 0 saturated heterocycles. The lowest BCUT2D eigenvalue weighted by Crippen LogP contribution is -2.10. The van der Waals surface area contributed by atoms with Gasteiger partial charge in [0.05, 0.1) is 7.11 Å². The maximum atomic E-state index is 5.38. The third kappa shape index (κ3) is 3.16. The SMILES string of the molecule is CNc1ncnc(Nc2ccc(C)c(N(C)C)c2)c1OC. The number of rotatable bonds is 5. The quantitative estimate of drug-likeness (QED) is 0.881. The van der Waals surface area contributed by atoms with E-state index < -0.39 is 0 Å². The van der Waals surface area contributed by atoms with Crippen molar-refractivity contribution < 1.29 is 4.74 Å². The van der Waals surface area contributed by atoms with Crippen LogP contribution in [0, 0.1) is 6.92 Å². The molecule has 0 atom stereocenters. The van der Waals surface area contributed by atoms with Gasteiger partial charge in [-0.3, -0.25) is 0 Å². The summed E-state index contributed by atoms with van der Waals surface area (Å²) in [7, 11) is 7.45. The van der Waals surface area contributed by atoms with Crippen LogP contribution < -0.4 is 20.3 Å². The molecule has 0 radical (unpaired) electrons. The van der Waals surface area contributed by atoms with Gasteiger partial charge in [0.15, 0.2) is 11.6 Å². The van der Waals surface area contributed by atoms with Crippen LogP contribution in [0.25, 0.3) is 0 Å². The van der Waals surface area contributed by atoms with Gasteiger partial charge in [-0.15, -0.1) is 0 Å². The molecular weight excluding hydrogens is 266 g/mol. The van der Waals surface area contributed by atoms with E-state index in [9.17, 15) is 0 Å². The molecule has 112 valence electrons. The van der Waals surface area contributed by atoms with Gasteiger partial charge in [0.2, 0.25) is 5.75 Å². The largest absolute Gasteiger partial charge is 0.490 e. The van der Waals surface area contributed by atoms with Crippen LogP contribution in [0.3, 0.4) is 0 Å². The van der Waals surface area contributed by atoms with Crippen molar-refractivity contribution in [1.29, 1.82) is 0 Å². The smallest absolute Gasteiger partial charge is 0.204 e. The van der Waals surface area contributed by atoms with Gasteiger partial charge in [-0.1, -0.05) is 6.07 Å². The maximum absolute atomic E-state index is 5.38. The fourth-order valence-electron chi connectivity index (χ4n) is 2.14. The number of nitrogens with one attached hydrogen (secondary N) is 2. The van der Waals surface area contributed by atoms with E-state index in [1.807, 2.05) is 20.2 Å². The Morgan fingerprint density at radius 2 is 1.86 bits per heavy atom. The third-order valence-corrected chi connectivity index (χ3v) is 3.20. The Morgan fingerprint density at radius 3 is 2.48 bits per heavy atom. The summed E-state index contributed by atoms with van der Waals surface area (Å²) in [5.41, 5.74) is 3.32. The first-order valence-corrected chi connectivity index (χ1v) is 6.68. The fraction of sp³-hybridized carbons (Fsp3) is 0.333. The van der Waals surface area contributed by atoms with Gasteiger partial charge in [-0.05, 0) is 24.6 Å². The Balaban J connectivity index is 2.36. The molecule has 0 amide bonds. The zero-order valence-corrected chi connectivity index (χ0v) is 13.1. The molecule has 0 bridgehead atoms. The minimum absolute atomic E-state index is 0.590. The van der Waals surface area contributed by atoms with E-state index in [-0.39, 0.29) is 0 Å². The van der Waals surface area contributed by atoms with Crippen molar-refractivity contribution in [2.24, 2.45) is 0 Å². The Bertz CT molecular complexity index is 627. The molecule has 6 nitrogen and oxygen atoms in total. The standard InChI is InChI=1S/C15H21N5O/c1-10-6-7-11(8-12(10)20(3)4)19-15-13(21-5)14(16-2)17-9-18-15/h6-9H,1-5H3,(H2,16,17,18,19). The minimum atomic E-state index is 0.590. The van der Waals surface area contributed by atoms with Crippen LogP contribution in [0.15, 0.2) is 24.5 Å². The summed E-state index contributed by atoms with van der Waals surface area (Å²) in [5, 5.41) is 6.26. The van der Waals surface area contributed by atoms with Gasteiger partial charge in [0.25, 0.3) is 0 Å². The molecule has 0 saturated carbocycles. The first kappa shape index (κ1) is 14.9. The Labute approximate surface area is 125 Å². The van der Waals surface area contributed by atoms with Gasteiger partial charge in [-0.25, -0.2) is 9.97 Å². The van der Waals surface area contributed by atoms with E-state index in [1.165, 1.54) is 11.9 Å². The highest BCUT2D eigenvalue weighted by atomic mass is 16.5. The molecule has 0 fully saturated rings. The van der Waals surface area contributed by atoms with Crippen molar-refractivity contribution in [1.82, 2.24) is 9.97 Å². The van der Waals surface area contributed by atoms with Gasteiger partial charge in [0.1, 0.15) is 6.33 Å². The van der Waals surface area contributed by atoms with Crippen molar-refractivity contribution >= 4 is 23.0 Å². The minimum Gasteiger partial charge on any atom is -0.490 e. The number of methoxy groups -OCH3 is 1. The maximum Gasteiger partial charge on any atom is 0.204 e. The Kier molecular flexibility index (Phi) is 4.47. The number of anilines is 4. The zero-order valence-electron chi connectivity index (χ0n) is 13.1. The molecule has 2 N–H and O–H groups in total. The number of benzene rings is 1. The first-order valence-electron chi connectivity index (χ1n) is 6.68. The van der Waals surface area contributed by atoms with Crippen molar-refractivity contribution in [3.8, 4) is 5.75 Å². The molecule has 2 aromatic rings. The lowest BCUT2D eigenvalue weighted by molar-refractivity contribution is 0.415. The van der Waals surface area contributed by atoms with Crippen molar-refractivity contribution in [3.63, 3.8) is 0 Å². The lowest BCUT2D eigenvalue weighted by atomic mass is 10.1. The third-order valence-electron chi connectivity index (χ3n) is 3.20. The second-order valence-electron chi connectivity index (χ2n) is 4.87. The van der Waals surface area contributed by atoms with E-state index in [2.05, 4.69) is 44.6 Å². The van der Waals surface area contributed by atoms with Crippen molar-refractivity contribution in [3.05, 3.63) is 30.1 Å². The predicted octanol–water partition coefficient (Wildman–Crippen LogP) is 2.64. The summed E-state index contributed by atoms with van der Waals surface area (Å²) in [6, 6.07) is 6.17. The van der Waals surface area contributed by atoms with Gasteiger partial charge in [0, 0.05) is 32.5 Å². The number of ether oxygens (including phenoxy) is 1. The van der Waals surface area contributed by atoms with Gasteiger partial charge >= 0.3 is 0 Å². The Hall–Kier alpha value is -2.50. The van der Waals surface area contributed by atoms with Crippen molar-refractivity contribution in [2.75, 3.05) is 43.8 Å². The number of aromatic nitrogens is 2. The summed E-state index contributed by atoms with van der Waals surface area (Å²) in [4.78, 5) is 10.5. The van der Waals surface area contributed by atoms with Gasteiger partial charge in [-0.2, -0.15) is 0 Å². The summed E-state index contributed by atoms with van der Waals surface area (Å²) in [6.45, 7) is 2.09. The number of nitrogens with zero attached hydrogens (tertiary/aromatic N) is 3. The van der Waals surface area contributed by atoms with Gasteiger partial charge < -0.3 is 20.3 Å². The van der Waals surface area contributed by atoms with Crippen LogP contribution >= 0.6 is 0 Å². The molecule has 0 unspecified atom stereocenters. The molecule has 0 aliphatic carbocycles. The van der Waals surface area contributed by atoms with E-state index >= 15 is 0 Å². The highest BCUT2D eigenvalue weighted by Crippen LogP contribution is 2.32. The molecule has 1 aromatic carbocycles. The summed E-state index contributed by atoms with van der Waals surface area (Å²) in [6.07, 6.45) is 1.50. The average Bonchev–Trinajstić information content (AvgIpc) is 2.48. The highest BCUT2D eigenvalue weighted by molar-refractivity contribution is 5.72. The molecule has 0 aliphatic rings. The second-order valence-corrected chi connectivity index (χ2v) is 4.87. The van der Waals surface area contributed by atoms with Crippen LogP contribution in [0.4, 0.5) is 23.0 Å². The fourth-order valence-corrected chi connectivity index (χ4v) is 2.14. The molecule has 21 heavy (non-hydrogen) atoms. The van der Waals surface area contributed by atoms with Crippen LogP contribution in [0.1, 0.15) is 5.56 Å². The van der Waals surface area contributed by atoms with E-state index in [0.29, 0.717) is 17.4 Å². The molecular formula is C15H21N5O. The van der Waals surface area contributed by atoms with Crippen LogP contribution in [-0.2, 0) is 0 Å². The number of hydrogen-bond donors (Lipinski definition) is 2. The molecule has 0 spiro atoms. The number of aryl methyl sites for hydroxylation is 1. The molecule has 2 rings (SSSR count). The summed E-state index contributed by atoms with van der Waals surface area (Å²) in [5.74, 6) is 1.87. The lowest BCUT2D eigenvalue weighted by Gasteiger charge is -2.18. The molecule has 1 heterocycles. The monoisotopic (exact) mass is 287 g/mol. The van der Waals surface area contributed by atoms with Crippen LogP contribution in [-0.4, -0.2) is 38.2 Å². The molecule has 6 heteroatoms.